The molecule has 0 aliphatic carbocycles. The minimum absolute atomic E-state index is 0.364. The van der Waals surface area contributed by atoms with Crippen molar-refractivity contribution in [3.8, 4) is 5.75 Å². The third kappa shape index (κ3) is 3.61. The smallest absolute Gasteiger partial charge is 0.406 e. The van der Waals surface area contributed by atoms with E-state index in [0.29, 0.717) is 16.7 Å². The van der Waals surface area contributed by atoms with Gasteiger partial charge in [-0.25, -0.2) is 0 Å². The average molecular weight is 346 g/mol. The van der Waals surface area contributed by atoms with Gasteiger partial charge in [0.25, 0.3) is 0 Å². The number of pyridine rings is 2. The second-order valence-electron chi connectivity index (χ2n) is 5.27. The molecule has 3 aromatic rings. The largest absolute Gasteiger partial charge is 0.573 e. The van der Waals surface area contributed by atoms with Crippen LogP contribution in [0.4, 0.5) is 13.2 Å². The van der Waals surface area contributed by atoms with Gasteiger partial charge in [0.1, 0.15) is 11.4 Å². The summed E-state index contributed by atoms with van der Waals surface area (Å²) in [7, 11) is 0. The number of aromatic nitrogens is 2. The van der Waals surface area contributed by atoms with Crippen molar-refractivity contribution in [3.05, 3.63) is 90.0 Å². The number of benzene rings is 1. The fourth-order valence-corrected chi connectivity index (χ4v) is 2.55. The van der Waals surface area contributed by atoms with E-state index < -0.39 is 12.0 Å². The van der Waals surface area contributed by atoms with E-state index in [0.717, 1.165) is 12.1 Å². The standard InChI is InChI=1S/C18H13F3N2O2/c19-18(20,21)25-16-7-5-13(6-8-16)17(24,14-3-1-9-22-11-14)15-4-2-10-23-12-15/h1-12,24H. The summed E-state index contributed by atoms with van der Waals surface area (Å²) in [5.41, 5.74) is -0.317. The summed E-state index contributed by atoms with van der Waals surface area (Å²) >= 11 is 0. The molecule has 2 heterocycles. The molecule has 128 valence electrons. The molecule has 0 fully saturated rings. The topological polar surface area (TPSA) is 55.2 Å². The molecule has 0 saturated carbocycles. The number of ether oxygens (including phenoxy) is 1. The van der Waals surface area contributed by atoms with Gasteiger partial charge in [-0.2, -0.15) is 0 Å². The molecule has 4 nitrogen and oxygen atoms in total. The van der Waals surface area contributed by atoms with E-state index in [1.807, 2.05) is 0 Å². The minimum atomic E-state index is -4.77. The molecule has 25 heavy (non-hydrogen) atoms. The van der Waals surface area contributed by atoms with Gasteiger partial charge in [0, 0.05) is 35.9 Å². The lowest BCUT2D eigenvalue weighted by atomic mass is 9.82. The third-order valence-electron chi connectivity index (χ3n) is 3.66. The van der Waals surface area contributed by atoms with Crippen LogP contribution in [-0.2, 0) is 5.60 Å². The first kappa shape index (κ1) is 16.9. The number of alkyl halides is 3. The van der Waals surface area contributed by atoms with Crippen molar-refractivity contribution in [2.75, 3.05) is 0 Å². The van der Waals surface area contributed by atoms with Crippen molar-refractivity contribution < 1.29 is 23.0 Å². The van der Waals surface area contributed by atoms with Crippen molar-refractivity contribution >= 4 is 0 Å². The predicted octanol–water partition coefficient (Wildman–Crippen LogP) is 3.66. The number of rotatable bonds is 4. The molecule has 0 radical (unpaired) electrons. The van der Waals surface area contributed by atoms with Crippen LogP contribution >= 0.6 is 0 Å². The molecule has 0 amide bonds. The van der Waals surface area contributed by atoms with E-state index in [1.165, 1.54) is 24.5 Å². The van der Waals surface area contributed by atoms with Gasteiger partial charge in [-0.05, 0) is 29.8 Å². The Bertz CT molecular complexity index is 783. The Morgan fingerprint density at radius 3 is 1.68 bits per heavy atom. The molecule has 0 spiro atoms. The van der Waals surface area contributed by atoms with Crippen molar-refractivity contribution in [1.29, 1.82) is 0 Å². The van der Waals surface area contributed by atoms with Gasteiger partial charge in [0.15, 0.2) is 0 Å². The molecular formula is C18H13F3N2O2. The number of hydrogen-bond acceptors (Lipinski definition) is 4. The summed E-state index contributed by atoms with van der Waals surface area (Å²) in [4.78, 5) is 8.03. The summed E-state index contributed by atoms with van der Waals surface area (Å²) in [5, 5.41) is 11.4. The molecule has 1 aromatic carbocycles. The Morgan fingerprint density at radius 2 is 1.28 bits per heavy atom. The Morgan fingerprint density at radius 1 is 0.760 bits per heavy atom. The van der Waals surface area contributed by atoms with E-state index in [1.54, 1.807) is 36.7 Å². The van der Waals surface area contributed by atoms with Gasteiger partial charge in [0.05, 0.1) is 0 Å². The zero-order valence-corrected chi connectivity index (χ0v) is 12.8. The lowest BCUT2D eigenvalue weighted by Gasteiger charge is -2.29. The van der Waals surface area contributed by atoms with Crippen LogP contribution in [0.25, 0.3) is 0 Å². The summed E-state index contributed by atoms with van der Waals surface area (Å²) in [6, 6.07) is 11.7. The summed E-state index contributed by atoms with van der Waals surface area (Å²) < 4.78 is 40.8. The van der Waals surface area contributed by atoms with Crippen LogP contribution in [0.1, 0.15) is 16.7 Å². The second-order valence-corrected chi connectivity index (χ2v) is 5.27. The number of hydrogen-bond donors (Lipinski definition) is 1. The van der Waals surface area contributed by atoms with Gasteiger partial charge in [0.2, 0.25) is 0 Å². The monoisotopic (exact) mass is 346 g/mol. The van der Waals surface area contributed by atoms with Gasteiger partial charge in [-0.3, -0.25) is 9.97 Å². The number of nitrogens with zero attached hydrogens (tertiary/aromatic N) is 2. The van der Waals surface area contributed by atoms with Gasteiger partial charge >= 0.3 is 6.36 Å². The SMILES string of the molecule is OC(c1ccc(OC(F)(F)F)cc1)(c1cccnc1)c1cccnc1. The number of aliphatic hydroxyl groups is 1. The normalized spacial score (nSPS) is 12.0. The van der Waals surface area contributed by atoms with Crippen molar-refractivity contribution in [2.45, 2.75) is 12.0 Å². The maximum atomic E-state index is 12.3. The Labute approximate surface area is 141 Å². The molecule has 1 N–H and O–H groups in total. The first-order chi connectivity index (χ1) is 11.9. The minimum Gasteiger partial charge on any atom is -0.406 e. The summed E-state index contributed by atoms with van der Waals surface area (Å²) in [5.74, 6) is -0.365. The van der Waals surface area contributed by atoms with Crippen LogP contribution in [0.2, 0.25) is 0 Å². The summed E-state index contributed by atoms with van der Waals surface area (Å²) in [6.07, 6.45) is 1.34. The van der Waals surface area contributed by atoms with E-state index in [2.05, 4.69) is 14.7 Å². The van der Waals surface area contributed by atoms with Crippen LogP contribution in [0, 0.1) is 0 Å². The fraction of sp³-hybridized carbons (Fsp3) is 0.111. The van der Waals surface area contributed by atoms with E-state index >= 15 is 0 Å². The third-order valence-corrected chi connectivity index (χ3v) is 3.66. The van der Waals surface area contributed by atoms with Gasteiger partial charge in [-0.15, -0.1) is 13.2 Å². The molecule has 0 aliphatic rings. The molecule has 2 aromatic heterocycles. The molecule has 3 rings (SSSR count). The highest BCUT2D eigenvalue weighted by Gasteiger charge is 2.35. The summed E-state index contributed by atoms with van der Waals surface area (Å²) in [6.45, 7) is 0. The zero-order chi connectivity index (χ0) is 17.9. The lowest BCUT2D eigenvalue weighted by Crippen LogP contribution is -2.29. The zero-order valence-electron chi connectivity index (χ0n) is 12.8. The van der Waals surface area contributed by atoms with E-state index in [-0.39, 0.29) is 5.75 Å². The average Bonchev–Trinajstić information content (AvgIpc) is 2.62. The molecule has 0 bridgehead atoms. The van der Waals surface area contributed by atoms with Crippen LogP contribution in [-0.4, -0.2) is 21.4 Å². The number of halogens is 3. The highest BCUT2D eigenvalue weighted by Crippen LogP contribution is 2.37. The van der Waals surface area contributed by atoms with Crippen LogP contribution in [0.3, 0.4) is 0 Å². The highest BCUT2D eigenvalue weighted by atomic mass is 19.4. The van der Waals surface area contributed by atoms with Crippen LogP contribution in [0.5, 0.6) is 5.75 Å². The molecular weight excluding hydrogens is 333 g/mol. The van der Waals surface area contributed by atoms with E-state index in [4.69, 9.17) is 0 Å². The quantitative estimate of drug-likeness (QED) is 0.783. The molecule has 0 saturated heterocycles. The van der Waals surface area contributed by atoms with Gasteiger partial charge < -0.3 is 9.84 Å². The molecule has 0 unspecified atom stereocenters. The van der Waals surface area contributed by atoms with Gasteiger partial charge in [-0.1, -0.05) is 24.3 Å². The van der Waals surface area contributed by atoms with Crippen molar-refractivity contribution in [3.63, 3.8) is 0 Å². The first-order valence-corrected chi connectivity index (χ1v) is 7.29. The molecule has 7 heteroatoms. The first-order valence-electron chi connectivity index (χ1n) is 7.29. The Balaban J connectivity index is 2.07. The Hall–Kier alpha value is -2.93. The molecule has 0 atom stereocenters. The predicted molar refractivity (Wildman–Crippen MR) is 83.7 cm³/mol. The maximum absolute atomic E-state index is 12.3. The highest BCUT2D eigenvalue weighted by molar-refractivity contribution is 5.46. The van der Waals surface area contributed by atoms with Crippen LogP contribution in [0.15, 0.2) is 73.3 Å². The van der Waals surface area contributed by atoms with Crippen molar-refractivity contribution in [2.24, 2.45) is 0 Å². The van der Waals surface area contributed by atoms with E-state index in [9.17, 15) is 18.3 Å². The lowest BCUT2D eigenvalue weighted by molar-refractivity contribution is -0.274. The van der Waals surface area contributed by atoms with Crippen LogP contribution < -0.4 is 4.74 Å². The second kappa shape index (κ2) is 6.52. The Kier molecular flexibility index (Phi) is 4.41. The van der Waals surface area contributed by atoms with Crippen molar-refractivity contribution in [1.82, 2.24) is 9.97 Å². The molecule has 0 aliphatic heterocycles. The fourth-order valence-electron chi connectivity index (χ4n) is 2.55. The maximum Gasteiger partial charge on any atom is 0.573 e.